The Balaban J connectivity index is 2.09. The first-order chi connectivity index (χ1) is 15.8. The third kappa shape index (κ3) is 7.92. The Hall–Kier alpha value is -3.94. The summed E-state index contributed by atoms with van der Waals surface area (Å²) in [5, 5.41) is 13.1. The standard InChI is InChI=1S/C25H29N3O5/c1-3-18-9-5-6-11-20(18)17-28(21-12-8-7-10-19(21)4-2)24(31)14-13-22(29)26-15-23(30)27-16-25(32)33/h3,5-12H,1,4,13-17H2,2H3,(H,26,29)(H,27,30)(H,32,33). The van der Waals surface area contributed by atoms with Crippen molar-refractivity contribution in [3.8, 4) is 0 Å². The first-order valence-corrected chi connectivity index (χ1v) is 10.7. The Bertz CT molecular complexity index is 1020. The molecular weight excluding hydrogens is 422 g/mol. The van der Waals surface area contributed by atoms with Gasteiger partial charge in [-0.05, 0) is 29.2 Å². The largest absolute Gasteiger partial charge is 0.480 e. The molecule has 8 nitrogen and oxygen atoms in total. The van der Waals surface area contributed by atoms with Gasteiger partial charge in [0.1, 0.15) is 6.54 Å². The van der Waals surface area contributed by atoms with Gasteiger partial charge in [0, 0.05) is 18.5 Å². The number of hydrogen-bond donors (Lipinski definition) is 3. The maximum absolute atomic E-state index is 13.2. The quantitative estimate of drug-likeness (QED) is 0.459. The van der Waals surface area contributed by atoms with E-state index in [1.54, 1.807) is 11.0 Å². The summed E-state index contributed by atoms with van der Waals surface area (Å²) in [7, 11) is 0. The maximum Gasteiger partial charge on any atom is 0.322 e. The Morgan fingerprint density at radius 2 is 1.55 bits per heavy atom. The number of rotatable bonds is 12. The molecule has 0 radical (unpaired) electrons. The number of benzene rings is 2. The van der Waals surface area contributed by atoms with Crippen LogP contribution in [0.4, 0.5) is 5.69 Å². The predicted octanol–water partition coefficient (Wildman–Crippen LogP) is 2.52. The lowest BCUT2D eigenvalue weighted by atomic mass is 10.0. The molecule has 0 aliphatic carbocycles. The highest BCUT2D eigenvalue weighted by molar-refractivity contribution is 5.96. The van der Waals surface area contributed by atoms with Crippen LogP contribution in [0, 0.1) is 0 Å². The van der Waals surface area contributed by atoms with Crippen molar-refractivity contribution in [2.45, 2.75) is 32.7 Å². The molecule has 3 amide bonds. The van der Waals surface area contributed by atoms with Crippen molar-refractivity contribution in [1.82, 2.24) is 10.6 Å². The van der Waals surface area contributed by atoms with E-state index in [2.05, 4.69) is 17.2 Å². The minimum atomic E-state index is -1.18. The minimum absolute atomic E-state index is 0.0448. The number of nitrogens with one attached hydrogen (secondary N) is 2. The van der Waals surface area contributed by atoms with E-state index >= 15 is 0 Å². The number of carboxylic acids is 1. The average Bonchev–Trinajstić information content (AvgIpc) is 2.83. The van der Waals surface area contributed by atoms with Crippen LogP contribution in [0.2, 0.25) is 0 Å². The smallest absolute Gasteiger partial charge is 0.322 e. The van der Waals surface area contributed by atoms with Crippen molar-refractivity contribution in [3.63, 3.8) is 0 Å². The second kappa shape index (κ2) is 12.8. The van der Waals surface area contributed by atoms with Crippen LogP contribution in [0.3, 0.4) is 0 Å². The van der Waals surface area contributed by atoms with Gasteiger partial charge in [-0.2, -0.15) is 0 Å². The SMILES string of the molecule is C=Cc1ccccc1CN(C(=O)CCC(=O)NCC(=O)NCC(=O)O)c1ccccc1CC. The number of carbonyl (C=O) groups excluding carboxylic acids is 3. The summed E-state index contributed by atoms with van der Waals surface area (Å²) in [6.07, 6.45) is 2.34. The summed E-state index contributed by atoms with van der Waals surface area (Å²) >= 11 is 0. The van der Waals surface area contributed by atoms with Crippen LogP contribution < -0.4 is 15.5 Å². The normalized spacial score (nSPS) is 10.2. The van der Waals surface area contributed by atoms with Crippen LogP contribution in [0.5, 0.6) is 0 Å². The van der Waals surface area contributed by atoms with Gasteiger partial charge in [-0.15, -0.1) is 0 Å². The summed E-state index contributed by atoms with van der Waals surface area (Å²) in [4.78, 5) is 49.0. The van der Waals surface area contributed by atoms with E-state index in [0.717, 1.165) is 28.8 Å². The molecule has 174 valence electrons. The molecule has 0 aromatic heterocycles. The number of amides is 3. The number of anilines is 1. The fourth-order valence-electron chi connectivity index (χ4n) is 3.29. The molecule has 33 heavy (non-hydrogen) atoms. The summed E-state index contributed by atoms with van der Waals surface area (Å²) in [6, 6.07) is 15.3. The highest BCUT2D eigenvalue weighted by Gasteiger charge is 2.20. The zero-order valence-electron chi connectivity index (χ0n) is 18.7. The Kier molecular flexibility index (Phi) is 9.82. The number of carbonyl (C=O) groups is 4. The Labute approximate surface area is 193 Å². The number of para-hydroxylation sites is 1. The summed E-state index contributed by atoms with van der Waals surface area (Å²) in [5.74, 6) is -2.48. The van der Waals surface area contributed by atoms with Gasteiger partial charge in [-0.1, -0.05) is 62.0 Å². The summed E-state index contributed by atoms with van der Waals surface area (Å²) in [5.41, 5.74) is 3.67. The van der Waals surface area contributed by atoms with Gasteiger partial charge < -0.3 is 20.6 Å². The second-order valence-electron chi connectivity index (χ2n) is 7.31. The van der Waals surface area contributed by atoms with Gasteiger partial charge >= 0.3 is 5.97 Å². The van der Waals surface area contributed by atoms with Crippen LogP contribution in [0.15, 0.2) is 55.1 Å². The molecule has 2 rings (SSSR count). The van der Waals surface area contributed by atoms with E-state index in [-0.39, 0.29) is 25.3 Å². The lowest BCUT2D eigenvalue weighted by Gasteiger charge is -2.26. The topological polar surface area (TPSA) is 116 Å². The van der Waals surface area contributed by atoms with Gasteiger partial charge in [0.05, 0.1) is 13.1 Å². The first-order valence-electron chi connectivity index (χ1n) is 10.7. The van der Waals surface area contributed by atoms with E-state index in [1.807, 2.05) is 55.5 Å². The van der Waals surface area contributed by atoms with Crippen LogP contribution in [0.25, 0.3) is 6.08 Å². The summed E-state index contributed by atoms with van der Waals surface area (Å²) < 4.78 is 0. The van der Waals surface area contributed by atoms with Gasteiger partial charge in [-0.25, -0.2) is 0 Å². The number of nitrogens with zero attached hydrogens (tertiary/aromatic N) is 1. The highest BCUT2D eigenvalue weighted by atomic mass is 16.4. The molecule has 0 fully saturated rings. The zero-order valence-corrected chi connectivity index (χ0v) is 18.7. The minimum Gasteiger partial charge on any atom is -0.480 e. The Morgan fingerprint density at radius 1 is 0.909 bits per heavy atom. The molecule has 0 unspecified atom stereocenters. The van der Waals surface area contributed by atoms with Gasteiger partial charge in [0.25, 0.3) is 0 Å². The molecule has 2 aromatic carbocycles. The van der Waals surface area contributed by atoms with Crippen molar-refractivity contribution in [2.24, 2.45) is 0 Å². The molecule has 0 bridgehead atoms. The molecule has 0 heterocycles. The predicted molar refractivity (Wildman–Crippen MR) is 126 cm³/mol. The molecule has 0 aliphatic heterocycles. The third-order valence-corrected chi connectivity index (χ3v) is 5.02. The van der Waals surface area contributed by atoms with Crippen molar-refractivity contribution < 1.29 is 24.3 Å². The number of carboxylic acid groups (broad SMARTS) is 1. The molecule has 3 N–H and O–H groups in total. The molecule has 2 aromatic rings. The van der Waals surface area contributed by atoms with E-state index in [1.165, 1.54) is 0 Å². The fraction of sp³-hybridized carbons (Fsp3) is 0.280. The fourth-order valence-corrected chi connectivity index (χ4v) is 3.29. The lowest BCUT2D eigenvalue weighted by Crippen LogP contribution is -2.39. The zero-order chi connectivity index (χ0) is 24.2. The molecule has 8 heteroatoms. The second-order valence-corrected chi connectivity index (χ2v) is 7.31. The van der Waals surface area contributed by atoms with E-state index < -0.39 is 24.3 Å². The molecule has 0 aliphatic rings. The third-order valence-electron chi connectivity index (χ3n) is 5.02. The van der Waals surface area contributed by atoms with Gasteiger partial charge in [0.15, 0.2) is 0 Å². The highest BCUT2D eigenvalue weighted by Crippen LogP contribution is 2.25. The first kappa shape index (κ1) is 25.3. The maximum atomic E-state index is 13.2. The number of aryl methyl sites for hydroxylation is 1. The van der Waals surface area contributed by atoms with Crippen LogP contribution in [-0.4, -0.2) is 41.9 Å². The van der Waals surface area contributed by atoms with Gasteiger partial charge in [-0.3, -0.25) is 19.2 Å². The Morgan fingerprint density at radius 3 is 2.21 bits per heavy atom. The molecule has 0 saturated heterocycles. The van der Waals surface area contributed by atoms with E-state index in [0.29, 0.717) is 6.54 Å². The number of hydrogen-bond acceptors (Lipinski definition) is 4. The summed E-state index contributed by atoms with van der Waals surface area (Å²) in [6.45, 7) is 5.32. The molecule has 0 spiro atoms. The monoisotopic (exact) mass is 451 g/mol. The van der Waals surface area contributed by atoms with Crippen LogP contribution in [-0.2, 0) is 32.1 Å². The molecule has 0 saturated carbocycles. The average molecular weight is 452 g/mol. The van der Waals surface area contributed by atoms with Crippen molar-refractivity contribution in [3.05, 3.63) is 71.8 Å². The molecular formula is C25H29N3O5. The van der Waals surface area contributed by atoms with E-state index in [4.69, 9.17) is 5.11 Å². The van der Waals surface area contributed by atoms with Crippen molar-refractivity contribution in [2.75, 3.05) is 18.0 Å². The molecule has 0 atom stereocenters. The van der Waals surface area contributed by atoms with E-state index in [9.17, 15) is 19.2 Å². The number of aliphatic carboxylic acids is 1. The van der Waals surface area contributed by atoms with Gasteiger partial charge in [0.2, 0.25) is 17.7 Å². The van der Waals surface area contributed by atoms with Crippen molar-refractivity contribution >= 4 is 35.5 Å². The lowest BCUT2D eigenvalue weighted by molar-refractivity contribution is -0.137. The van der Waals surface area contributed by atoms with Crippen LogP contribution >= 0.6 is 0 Å². The van der Waals surface area contributed by atoms with Crippen molar-refractivity contribution in [1.29, 1.82) is 0 Å². The van der Waals surface area contributed by atoms with Crippen LogP contribution in [0.1, 0.15) is 36.5 Å².